The predicted octanol–water partition coefficient (Wildman–Crippen LogP) is 9.57. The van der Waals surface area contributed by atoms with Gasteiger partial charge >= 0.3 is 0 Å². The molecule has 7 rings (SSSR count). The van der Waals surface area contributed by atoms with Gasteiger partial charge in [0.25, 0.3) is 25.0 Å². The van der Waals surface area contributed by atoms with Crippen molar-refractivity contribution in [2.45, 2.75) is 101 Å². The normalized spacial score (nSPS) is 19.2. The second-order valence-corrected chi connectivity index (χ2v) is 33.2. The number of hydrogen-bond acceptors (Lipinski definition) is 4. The molecule has 0 amide bonds. The zero-order valence-electron chi connectivity index (χ0n) is 37.3. The molecular formula is C53H63BrO4Si3. The summed E-state index contributed by atoms with van der Waals surface area (Å²) in [6.45, 7) is 21.3. The van der Waals surface area contributed by atoms with Crippen molar-refractivity contribution in [2.24, 2.45) is 0 Å². The lowest BCUT2D eigenvalue weighted by Gasteiger charge is -2.49. The quantitative estimate of drug-likeness (QED) is 0.0855. The molecule has 0 unspecified atom stereocenters. The lowest BCUT2D eigenvalue weighted by Crippen LogP contribution is -2.72. The molecule has 1 aliphatic heterocycles. The van der Waals surface area contributed by atoms with E-state index < -0.39 is 48.3 Å². The monoisotopic (exact) mass is 926 g/mol. The minimum absolute atomic E-state index is 0.221. The third-order valence-electron chi connectivity index (χ3n) is 12.6. The molecule has 1 fully saturated rings. The molecule has 1 saturated heterocycles. The number of halogens is 1. The lowest BCUT2D eigenvalue weighted by atomic mass is 10.2. The van der Waals surface area contributed by atoms with Crippen LogP contribution in [-0.2, 0) is 18.0 Å². The second-order valence-electron chi connectivity index (χ2n) is 19.5. The predicted molar refractivity (Wildman–Crippen MR) is 266 cm³/mol. The smallest absolute Gasteiger partial charge is 0.261 e. The van der Waals surface area contributed by atoms with Gasteiger partial charge in [0, 0.05) is 0 Å². The molecule has 6 aromatic carbocycles. The highest BCUT2D eigenvalue weighted by Gasteiger charge is 2.61. The zero-order valence-corrected chi connectivity index (χ0v) is 41.9. The first-order chi connectivity index (χ1) is 29.1. The van der Waals surface area contributed by atoms with Crippen LogP contribution >= 0.6 is 15.9 Å². The molecule has 8 heteroatoms. The molecule has 6 aromatic rings. The van der Waals surface area contributed by atoms with Crippen LogP contribution in [-0.4, -0.2) is 54.9 Å². The van der Waals surface area contributed by atoms with Crippen LogP contribution in [0.4, 0.5) is 0 Å². The fourth-order valence-electron chi connectivity index (χ4n) is 9.84. The topological polar surface area (TPSA) is 36.9 Å². The van der Waals surface area contributed by atoms with E-state index in [0.717, 1.165) is 0 Å². The fraction of sp³-hybridized carbons (Fsp3) is 0.321. The first-order valence-electron chi connectivity index (χ1n) is 21.7. The number of alkyl halides is 1. The van der Waals surface area contributed by atoms with E-state index in [4.69, 9.17) is 18.0 Å². The summed E-state index contributed by atoms with van der Waals surface area (Å²) in [5.74, 6) is 0. The molecule has 0 radical (unpaired) electrons. The Bertz CT molecular complexity index is 2160. The van der Waals surface area contributed by atoms with Crippen molar-refractivity contribution in [1.29, 1.82) is 0 Å². The van der Waals surface area contributed by atoms with E-state index in [-0.39, 0.29) is 15.1 Å². The molecule has 1 aliphatic rings. The van der Waals surface area contributed by atoms with Gasteiger partial charge in [0.1, 0.15) is 23.3 Å². The van der Waals surface area contributed by atoms with E-state index in [2.05, 4.69) is 260 Å². The maximum absolute atomic E-state index is 8.24. The summed E-state index contributed by atoms with van der Waals surface area (Å²) in [5, 5.41) is 6.04. The second kappa shape index (κ2) is 18.2. The summed E-state index contributed by atoms with van der Waals surface area (Å²) >= 11 is 4.14. The fourth-order valence-corrected chi connectivity index (χ4v) is 24.7. The molecular weight excluding hydrogens is 865 g/mol. The zero-order chi connectivity index (χ0) is 43.5. The van der Waals surface area contributed by atoms with Crippen LogP contribution in [0.15, 0.2) is 182 Å². The van der Waals surface area contributed by atoms with Crippen molar-refractivity contribution in [2.75, 3.05) is 6.61 Å². The van der Waals surface area contributed by atoms with Crippen molar-refractivity contribution in [3.63, 3.8) is 0 Å². The highest BCUT2D eigenvalue weighted by molar-refractivity contribution is 9.09. The SMILES string of the molecule is CC(C)(C)[Si](OC[C@H]1O[C@H](Br)[C@@H](O[Si](c2ccccc2)(c2ccccc2)C(C)(C)C)[C@@H]1O[Si](c1ccccc1)(c1ccccc1)C(C)(C)C)(c1ccccc1)c1ccccc1. The minimum Gasteiger partial charge on any atom is -0.405 e. The van der Waals surface area contributed by atoms with E-state index in [1.165, 1.54) is 31.1 Å². The van der Waals surface area contributed by atoms with Gasteiger partial charge in [0.2, 0.25) is 0 Å². The van der Waals surface area contributed by atoms with Gasteiger partial charge < -0.3 is 18.0 Å². The maximum atomic E-state index is 8.24. The highest BCUT2D eigenvalue weighted by Crippen LogP contribution is 2.45. The Morgan fingerprint density at radius 1 is 0.393 bits per heavy atom. The number of ether oxygens (including phenoxy) is 1. The number of rotatable bonds is 13. The van der Waals surface area contributed by atoms with Crippen molar-refractivity contribution >= 4 is 72.0 Å². The van der Waals surface area contributed by atoms with Crippen LogP contribution in [0, 0.1) is 0 Å². The Balaban J connectivity index is 1.45. The standard InChI is InChI=1S/C53H63BrO4Si3/c1-51(2,3)59(41-28-16-10-17-29-41,42-30-18-11-19-31-42)55-40-47-48(57-60(52(4,5)6,43-32-20-12-21-33-43)44-34-22-13-23-35-44)49(50(54)56-47)58-61(53(7,8)9,45-36-24-14-25-37-45)46-38-26-15-27-39-46/h10-39,47-50H,40H2,1-9H3/t47-,48-,49+,50+/m1/s1. The summed E-state index contributed by atoms with van der Waals surface area (Å²) in [6.07, 6.45) is -1.49. The summed E-state index contributed by atoms with van der Waals surface area (Å²) in [4.78, 5) is 0. The molecule has 0 aliphatic carbocycles. The molecule has 318 valence electrons. The Morgan fingerprint density at radius 2 is 0.639 bits per heavy atom. The largest absolute Gasteiger partial charge is 0.405 e. The summed E-state index contributed by atoms with van der Waals surface area (Å²) in [5.41, 5.74) is 0. The number of hydrogen-bond donors (Lipinski definition) is 0. The van der Waals surface area contributed by atoms with Crippen LogP contribution in [0.25, 0.3) is 0 Å². The van der Waals surface area contributed by atoms with Gasteiger partial charge in [-0.1, -0.05) is 260 Å². The van der Waals surface area contributed by atoms with E-state index in [0.29, 0.717) is 6.61 Å². The third-order valence-corrected chi connectivity index (χ3v) is 28.4. The Kier molecular flexibility index (Phi) is 13.5. The summed E-state index contributed by atoms with van der Waals surface area (Å²) in [7, 11) is -9.23. The van der Waals surface area contributed by atoms with Crippen LogP contribution in [0.3, 0.4) is 0 Å². The third kappa shape index (κ3) is 8.55. The van der Waals surface area contributed by atoms with Crippen LogP contribution in [0.5, 0.6) is 0 Å². The van der Waals surface area contributed by atoms with Gasteiger partial charge in [-0.15, -0.1) is 0 Å². The van der Waals surface area contributed by atoms with Gasteiger partial charge in [-0.05, 0) is 46.2 Å². The van der Waals surface area contributed by atoms with Gasteiger partial charge in [-0.2, -0.15) is 0 Å². The maximum Gasteiger partial charge on any atom is 0.261 e. The van der Waals surface area contributed by atoms with Gasteiger partial charge in [0.15, 0.2) is 0 Å². The first-order valence-corrected chi connectivity index (χ1v) is 28.3. The minimum atomic E-state index is -3.16. The molecule has 61 heavy (non-hydrogen) atoms. The van der Waals surface area contributed by atoms with Crippen molar-refractivity contribution in [3.8, 4) is 0 Å². The average Bonchev–Trinajstić information content (AvgIpc) is 3.54. The molecule has 1 heterocycles. The van der Waals surface area contributed by atoms with Crippen molar-refractivity contribution < 1.29 is 18.0 Å². The molecule has 4 atom stereocenters. The van der Waals surface area contributed by atoms with E-state index in [9.17, 15) is 0 Å². The highest BCUT2D eigenvalue weighted by atomic mass is 79.9. The van der Waals surface area contributed by atoms with E-state index in [1.807, 2.05) is 0 Å². The summed E-state index contributed by atoms with van der Waals surface area (Å²) < 4.78 is 31.3. The Labute approximate surface area is 377 Å². The first kappa shape index (κ1) is 45.3. The molecule has 0 aromatic heterocycles. The van der Waals surface area contributed by atoms with Gasteiger partial charge in [0.05, 0.1) is 6.61 Å². The average molecular weight is 928 g/mol. The molecule has 0 spiro atoms. The molecule has 0 saturated carbocycles. The van der Waals surface area contributed by atoms with E-state index >= 15 is 0 Å². The Hall–Kier alpha value is -3.71. The lowest BCUT2D eigenvalue weighted by molar-refractivity contribution is 0.00491. The van der Waals surface area contributed by atoms with Crippen LogP contribution < -0.4 is 31.1 Å². The molecule has 0 N–H and O–H groups in total. The Morgan fingerprint density at radius 3 is 0.902 bits per heavy atom. The van der Waals surface area contributed by atoms with Crippen molar-refractivity contribution in [1.82, 2.24) is 0 Å². The molecule has 4 nitrogen and oxygen atoms in total. The van der Waals surface area contributed by atoms with Crippen LogP contribution in [0.1, 0.15) is 62.3 Å². The summed E-state index contributed by atoms with van der Waals surface area (Å²) in [6, 6.07) is 65.3. The number of benzene rings is 6. The molecule has 0 bridgehead atoms. The van der Waals surface area contributed by atoms with Gasteiger partial charge in [-0.25, -0.2) is 0 Å². The van der Waals surface area contributed by atoms with Crippen LogP contribution in [0.2, 0.25) is 15.1 Å². The van der Waals surface area contributed by atoms with Gasteiger partial charge in [-0.3, -0.25) is 0 Å². The van der Waals surface area contributed by atoms with Crippen molar-refractivity contribution in [3.05, 3.63) is 182 Å². The van der Waals surface area contributed by atoms with E-state index in [1.54, 1.807) is 0 Å².